The van der Waals surface area contributed by atoms with Crippen LogP contribution >= 0.6 is 11.6 Å². The van der Waals surface area contributed by atoms with E-state index in [0.717, 1.165) is 16.5 Å². The van der Waals surface area contributed by atoms with E-state index >= 15 is 4.79 Å². The monoisotopic (exact) mass is 722 g/mol. The summed E-state index contributed by atoms with van der Waals surface area (Å²) in [6, 6.07) is 33.9. The van der Waals surface area contributed by atoms with Crippen molar-refractivity contribution in [3.63, 3.8) is 0 Å². The lowest BCUT2D eigenvalue weighted by Crippen LogP contribution is -2.53. The van der Waals surface area contributed by atoms with Crippen LogP contribution in [-0.4, -0.2) is 45.3 Å². The second-order valence-electron chi connectivity index (χ2n) is 14.6. The minimum atomic E-state index is -1.49. The Bertz CT molecular complexity index is 2380. The Kier molecular flexibility index (Phi) is 7.78. The highest BCUT2D eigenvalue weighted by Crippen LogP contribution is 2.65. The standard InChI is InChI=1S/C44H35ClN2O6/c45-28-10-6-11-29(23-28)47-41(51)36-24-35-32(19-20-33-37(35)42(52)46(40(33)50)22-21-25-13-16-30(48)17-14-25)38(44(36,43(47)53)27-8-2-1-3-9-27)34-18-15-26-7-4-5-12-31(26)39(34)49/h1-19,23,33,35-38,48-49H,20-22,24H2. The molecule has 2 N–H and O–H groups in total. The molecule has 6 unspecified atom stereocenters. The van der Waals surface area contributed by atoms with Crippen LogP contribution < -0.4 is 4.90 Å². The lowest BCUT2D eigenvalue weighted by atomic mass is 9.49. The molecule has 5 aromatic carbocycles. The van der Waals surface area contributed by atoms with Gasteiger partial charge in [-0.3, -0.25) is 24.1 Å². The number of amides is 4. The van der Waals surface area contributed by atoms with Crippen molar-refractivity contribution < 1.29 is 29.4 Å². The van der Waals surface area contributed by atoms with Crippen LogP contribution in [0.3, 0.4) is 0 Å². The van der Waals surface area contributed by atoms with Gasteiger partial charge in [0, 0.05) is 28.4 Å². The first-order valence-corrected chi connectivity index (χ1v) is 18.3. The summed E-state index contributed by atoms with van der Waals surface area (Å²) in [6.45, 7) is 0.184. The van der Waals surface area contributed by atoms with Gasteiger partial charge in [-0.1, -0.05) is 108 Å². The highest BCUT2D eigenvalue weighted by atomic mass is 35.5. The molecular formula is C44H35ClN2O6. The number of aromatic hydroxyl groups is 2. The average molecular weight is 723 g/mol. The highest BCUT2D eigenvalue weighted by Gasteiger charge is 2.70. The molecule has 0 aromatic heterocycles. The highest BCUT2D eigenvalue weighted by molar-refractivity contribution is 6.32. The lowest BCUT2D eigenvalue weighted by Gasteiger charge is -2.50. The van der Waals surface area contributed by atoms with E-state index in [1.165, 1.54) is 9.80 Å². The minimum absolute atomic E-state index is 0.0108. The van der Waals surface area contributed by atoms with Crippen LogP contribution in [-0.2, 0) is 31.0 Å². The maximum atomic E-state index is 15.5. The van der Waals surface area contributed by atoms with E-state index < -0.39 is 46.8 Å². The third-order valence-corrected chi connectivity index (χ3v) is 12.3. The van der Waals surface area contributed by atoms with E-state index in [1.807, 2.05) is 72.8 Å². The molecule has 2 aliphatic carbocycles. The number of phenolic OH excluding ortho intramolecular Hbond substituents is 2. The molecule has 264 valence electrons. The zero-order chi connectivity index (χ0) is 36.6. The number of halogens is 1. The van der Waals surface area contributed by atoms with E-state index in [1.54, 1.807) is 48.5 Å². The van der Waals surface area contributed by atoms with Gasteiger partial charge in [0.1, 0.15) is 11.5 Å². The Morgan fingerprint density at radius 1 is 0.755 bits per heavy atom. The fraction of sp³-hybridized carbons (Fsp3) is 0.227. The Morgan fingerprint density at radius 2 is 1.51 bits per heavy atom. The van der Waals surface area contributed by atoms with E-state index in [0.29, 0.717) is 33.6 Å². The van der Waals surface area contributed by atoms with Crippen molar-refractivity contribution in [3.8, 4) is 11.5 Å². The topological polar surface area (TPSA) is 115 Å². The smallest absolute Gasteiger partial charge is 0.246 e. The summed E-state index contributed by atoms with van der Waals surface area (Å²) in [5, 5.41) is 23.7. The molecule has 4 amide bonds. The van der Waals surface area contributed by atoms with Crippen LogP contribution in [0.5, 0.6) is 11.5 Å². The van der Waals surface area contributed by atoms with Crippen molar-refractivity contribution >= 4 is 51.7 Å². The maximum Gasteiger partial charge on any atom is 0.246 e. The number of fused-ring (bicyclic) bond motifs is 5. The van der Waals surface area contributed by atoms with Gasteiger partial charge in [-0.25, -0.2) is 4.90 Å². The molecule has 2 aliphatic heterocycles. The van der Waals surface area contributed by atoms with Crippen LogP contribution in [0.1, 0.15) is 35.4 Å². The average Bonchev–Trinajstić information content (AvgIpc) is 3.55. The second kappa shape index (κ2) is 12.5. The van der Waals surface area contributed by atoms with Crippen LogP contribution in [0, 0.1) is 23.7 Å². The van der Waals surface area contributed by atoms with E-state index in [9.17, 15) is 24.6 Å². The molecule has 0 spiro atoms. The summed E-state index contributed by atoms with van der Waals surface area (Å²) in [7, 11) is 0. The Morgan fingerprint density at radius 3 is 2.28 bits per heavy atom. The van der Waals surface area contributed by atoms with Gasteiger partial charge >= 0.3 is 0 Å². The number of hydrogen-bond donors (Lipinski definition) is 2. The molecule has 4 aliphatic rings. The van der Waals surface area contributed by atoms with Crippen molar-refractivity contribution in [3.05, 3.63) is 149 Å². The largest absolute Gasteiger partial charge is 0.508 e. The molecule has 6 atom stereocenters. The Labute approximate surface area is 310 Å². The van der Waals surface area contributed by atoms with Gasteiger partial charge < -0.3 is 10.2 Å². The van der Waals surface area contributed by atoms with E-state index in [4.69, 9.17) is 11.6 Å². The van der Waals surface area contributed by atoms with Gasteiger partial charge in [-0.05, 0) is 72.0 Å². The fourth-order valence-corrected chi connectivity index (χ4v) is 9.97. The zero-order valence-corrected chi connectivity index (χ0v) is 29.3. The molecule has 0 radical (unpaired) electrons. The summed E-state index contributed by atoms with van der Waals surface area (Å²) in [5.74, 6) is -4.87. The van der Waals surface area contributed by atoms with E-state index in [2.05, 4.69) is 0 Å². The second-order valence-corrected chi connectivity index (χ2v) is 15.0. The molecule has 1 saturated carbocycles. The first-order chi connectivity index (χ1) is 25.7. The number of benzene rings is 5. The summed E-state index contributed by atoms with van der Waals surface area (Å²) >= 11 is 6.42. The lowest BCUT2D eigenvalue weighted by molar-refractivity contribution is -0.140. The van der Waals surface area contributed by atoms with Crippen LogP contribution in [0.15, 0.2) is 127 Å². The molecule has 9 rings (SSSR count). The number of imide groups is 2. The molecule has 2 heterocycles. The fourth-order valence-electron chi connectivity index (χ4n) is 9.78. The number of allylic oxidation sites excluding steroid dienone is 2. The molecular weight excluding hydrogens is 688 g/mol. The molecule has 5 aromatic rings. The van der Waals surface area contributed by atoms with Gasteiger partial charge in [0.2, 0.25) is 23.6 Å². The van der Waals surface area contributed by atoms with Gasteiger partial charge in [-0.2, -0.15) is 0 Å². The Hall–Kier alpha value is -5.73. The molecule has 3 fully saturated rings. The number of hydrogen-bond acceptors (Lipinski definition) is 6. The first-order valence-electron chi connectivity index (χ1n) is 17.9. The molecule has 2 saturated heterocycles. The summed E-state index contributed by atoms with van der Waals surface area (Å²) < 4.78 is 0. The maximum absolute atomic E-state index is 15.5. The third kappa shape index (κ3) is 4.88. The number of rotatable bonds is 6. The third-order valence-electron chi connectivity index (χ3n) is 12.1. The summed E-state index contributed by atoms with van der Waals surface area (Å²) in [5.41, 5.74) is 1.65. The predicted molar refractivity (Wildman–Crippen MR) is 200 cm³/mol. The minimum Gasteiger partial charge on any atom is -0.508 e. The van der Waals surface area contributed by atoms with Gasteiger partial charge in [0.15, 0.2) is 0 Å². The number of carbonyl (C=O) groups excluding carboxylic acids is 4. The summed E-state index contributed by atoms with van der Waals surface area (Å²) in [6.07, 6.45) is 2.88. The number of nitrogens with zero attached hydrogens (tertiary/aromatic N) is 2. The SMILES string of the molecule is O=C1C2CC=C3C(CC4C(=O)N(c5cccc(Cl)c5)C(=O)C4(c4ccccc4)C3c3ccc4ccccc4c3O)C2C(=O)N1CCc1ccc(O)cc1. The number of phenols is 2. The van der Waals surface area contributed by atoms with Crippen molar-refractivity contribution in [2.75, 3.05) is 11.4 Å². The molecule has 53 heavy (non-hydrogen) atoms. The van der Waals surface area contributed by atoms with Gasteiger partial charge in [0.05, 0.1) is 28.9 Å². The van der Waals surface area contributed by atoms with Crippen molar-refractivity contribution in [1.29, 1.82) is 0 Å². The Balaban J connectivity index is 1.23. The number of carbonyl (C=O) groups is 4. The van der Waals surface area contributed by atoms with Crippen LogP contribution in [0.25, 0.3) is 10.8 Å². The quantitative estimate of drug-likeness (QED) is 0.140. The van der Waals surface area contributed by atoms with Crippen molar-refractivity contribution in [2.45, 2.75) is 30.6 Å². The van der Waals surface area contributed by atoms with Crippen molar-refractivity contribution in [1.82, 2.24) is 4.90 Å². The molecule has 9 heteroatoms. The normalized spacial score (nSPS) is 26.4. The summed E-state index contributed by atoms with van der Waals surface area (Å²) in [4.78, 5) is 61.5. The first kappa shape index (κ1) is 33.1. The molecule has 0 bridgehead atoms. The predicted octanol–water partition coefficient (Wildman–Crippen LogP) is 7.31. The van der Waals surface area contributed by atoms with Gasteiger partial charge in [0.25, 0.3) is 0 Å². The number of anilines is 1. The van der Waals surface area contributed by atoms with Crippen LogP contribution in [0.4, 0.5) is 5.69 Å². The molecule has 8 nitrogen and oxygen atoms in total. The zero-order valence-electron chi connectivity index (χ0n) is 28.6. The van der Waals surface area contributed by atoms with E-state index in [-0.39, 0.29) is 42.7 Å². The van der Waals surface area contributed by atoms with Crippen LogP contribution in [0.2, 0.25) is 5.02 Å². The van der Waals surface area contributed by atoms with Crippen molar-refractivity contribution in [2.24, 2.45) is 23.7 Å². The number of likely N-dealkylation sites (tertiary alicyclic amines) is 1. The van der Waals surface area contributed by atoms with Gasteiger partial charge in [-0.15, -0.1) is 0 Å².